The fourth-order valence-corrected chi connectivity index (χ4v) is 1.73. The van der Waals surface area contributed by atoms with E-state index in [1.54, 1.807) is 23.0 Å². The molecule has 7 heteroatoms. The van der Waals surface area contributed by atoms with E-state index < -0.39 is 0 Å². The normalized spacial score (nSPS) is 10.7. The maximum Gasteiger partial charge on any atom is 0.286 e. The standard InChI is InChI=1S/C14H18N4O3/c1-9(2)18-8-10(6-17-18)13(19)16-7-11-4-5-12(21-11)14(20)15-3/h4-6,8-9H,7H2,1-3H3,(H,15,20)(H,16,19). The number of aromatic nitrogens is 2. The number of hydrogen-bond acceptors (Lipinski definition) is 4. The van der Waals surface area contributed by atoms with E-state index >= 15 is 0 Å². The van der Waals surface area contributed by atoms with E-state index in [2.05, 4.69) is 15.7 Å². The van der Waals surface area contributed by atoms with E-state index in [9.17, 15) is 9.59 Å². The quantitative estimate of drug-likeness (QED) is 0.869. The van der Waals surface area contributed by atoms with Gasteiger partial charge < -0.3 is 15.1 Å². The Morgan fingerprint density at radius 3 is 2.71 bits per heavy atom. The number of nitrogens with zero attached hydrogens (tertiary/aromatic N) is 2. The zero-order valence-electron chi connectivity index (χ0n) is 12.2. The van der Waals surface area contributed by atoms with Gasteiger partial charge >= 0.3 is 0 Å². The molecular formula is C14H18N4O3. The Kier molecular flexibility index (Phi) is 4.42. The topological polar surface area (TPSA) is 89.2 Å². The second kappa shape index (κ2) is 6.25. The molecule has 0 unspecified atom stereocenters. The van der Waals surface area contributed by atoms with E-state index in [4.69, 9.17) is 4.42 Å². The van der Waals surface area contributed by atoms with Gasteiger partial charge in [-0.15, -0.1) is 0 Å². The average molecular weight is 290 g/mol. The van der Waals surface area contributed by atoms with Crippen LogP contribution >= 0.6 is 0 Å². The molecule has 0 aromatic carbocycles. The van der Waals surface area contributed by atoms with Crippen LogP contribution in [-0.4, -0.2) is 28.6 Å². The second-order valence-corrected chi connectivity index (χ2v) is 4.83. The molecule has 0 aliphatic carbocycles. The maximum absolute atomic E-state index is 12.0. The summed E-state index contributed by atoms with van der Waals surface area (Å²) in [6, 6.07) is 3.42. The first kappa shape index (κ1) is 14.8. The third kappa shape index (κ3) is 3.50. The molecule has 2 amide bonds. The van der Waals surface area contributed by atoms with Crippen LogP contribution in [0.15, 0.2) is 28.9 Å². The number of nitrogens with one attached hydrogen (secondary N) is 2. The lowest BCUT2D eigenvalue weighted by Crippen LogP contribution is -2.22. The Morgan fingerprint density at radius 1 is 1.33 bits per heavy atom. The molecule has 0 aliphatic heterocycles. The van der Waals surface area contributed by atoms with Gasteiger partial charge in [-0.2, -0.15) is 5.10 Å². The molecule has 0 aliphatic rings. The highest BCUT2D eigenvalue weighted by atomic mass is 16.4. The molecule has 0 fully saturated rings. The molecule has 0 bridgehead atoms. The SMILES string of the molecule is CNC(=O)c1ccc(CNC(=O)c2cnn(C(C)C)c2)o1. The number of hydrogen-bond donors (Lipinski definition) is 2. The summed E-state index contributed by atoms with van der Waals surface area (Å²) in [5.41, 5.74) is 0.488. The van der Waals surface area contributed by atoms with Crippen molar-refractivity contribution < 1.29 is 14.0 Å². The number of carbonyl (C=O) groups excluding carboxylic acids is 2. The minimum atomic E-state index is -0.300. The van der Waals surface area contributed by atoms with Crippen LogP contribution in [0.5, 0.6) is 0 Å². The summed E-state index contributed by atoms with van der Waals surface area (Å²) in [6.45, 7) is 4.18. The fraction of sp³-hybridized carbons (Fsp3) is 0.357. The first-order valence-corrected chi connectivity index (χ1v) is 6.64. The summed E-state index contributed by atoms with van der Waals surface area (Å²) in [7, 11) is 1.53. The van der Waals surface area contributed by atoms with Crippen LogP contribution in [-0.2, 0) is 6.54 Å². The Hall–Kier alpha value is -2.57. The van der Waals surface area contributed by atoms with Crippen molar-refractivity contribution in [1.29, 1.82) is 0 Å². The van der Waals surface area contributed by atoms with Gasteiger partial charge in [-0.25, -0.2) is 0 Å². The van der Waals surface area contributed by atoms with Crippen molar-refractivity contribution >= 4 is 11.8 Å². The van der Waals surface area contributed by atoms with Gasteiger partial charge in [-0.1, -0.05) is 0 Å². The van der Waals surface area contributed by atoms with E-state index in [1.807, 2.05) is 13.8 Å². The summed E-state index contributed by atoms with van der Waals surface area (Å²) in [6.07, 6.45) is 3.21. The van der Waals surface area contributed by atoms with E-state index in [-0.39, 0.29) is 30.2 Å². The molecule has 112 valence electrons. The van der Waals surface area contributed by atoms with Crippen LogP contribution in [0.3, 0.4) is 0 Å². The van der Waals surface area contributed by atoms with Crippen LogP contribution < -0.4 is 10.6 Å². The lowest BCUT2D eigenvalue weighted by atomic mass is 10.3. The van der Waals surface area contributed by atoms with Gasteiger partial charge in [0.15, 0.2) is 5.76 Å². The molecule has 0 spiro atoms. The van der Waals surface area contributed by atoms with Crippen LogP contribution in [0.25, 0.3) is 0 Å². The van der Waals surface area contributed by atoms with Crippen molar-refractivity contribution in [2.45, 2.75) is 26.4 Å². The van der Waals surface area contributed by atoms with Gasteiger partial charge in [0.25, 0.3) is 11.8 Å². The number of carbonyl (C=O) groups is 2. The summed E-state index contributed by atoms with van der Waals surface area (Å²) >= 11 is 0. The van der Waals surface area contributed by atoms with Gasteiger partial charge in [-0.05, 0) is 26.0 Å². The van der Waals surface area contributed by atoms with Crippen molar-refractivity contribution in [2.75, 3.05) is 7.05 Å². The fourth-order valence-electron chi connectivity index (χ4n) is 1.73. The molecule has 2 heterocycles. The predicted octanol–water partition coefficient (Wildman–Crippen LogP) is 1.35. The Balaban J connectivity index is 1.94. The Labute approximate surface area is 122 Å². The largest absolute Gasteiger partial charge is 0.454 e. The zero-order valence-corrected chi connectivity index (χ0v) is 12.2. The van der Waals surface area contributed by atoms with Gasteiger partial charge in [-0.3, -0.25) is 14.3 Å². The molecule has 2 aromatic rings. The summed E-state index contributed by atoms with van der Waals surface area (Å²) in [5, 5.41) is 9.30. The van der Waals surface area contributed by atoms with E-state index in [0.29, 0.717) is 11.3 Å². The third-order valence-corrected chi connectivity index (χ3v) is 2.93. The van der Waals surface area contributed by atoms with Gasteiger partial charge in [0, 0.05) is 19.3 Å². The third-order valence-electron chi connectivity index (χ3n) is 2.93. The van der Waals surface area contributed by atoms with Crippen molar-refractivity contribution in [2.24, 2.45) is 0 Å². The minimum absolute atomic E-state index is 0.201. The smallest absolute Gasteiger partial charge is 0.286 e. The maximum atomic E-state index is 12.0. The van der Waals surface area contributed by atoms with Crippen molar-refractivity contribution in [3.63, 3.8) is 0 Å². The first-order chi connectivity index (χ1) is 10.0. The summed E-state index contributed by atoms with van der Waals surface area (Å²) < 4.78 is 7.03. The van der Waals surface area contributed by atoms with Crippen molar-refractivity contribution in [3.8, 4) is 0 Å². The molecule has 0 saturated heterocycles. The highest BCUT2D eigenvalue weighted by molar-refractivity contribution is 5.93. The number of rotatable bonds is 5. The average Bonchev–Trinajstić information content (AvgIpc) is 3.12. The van der Waals surface area contributed by atoms with Crippen LogP contribution in [0, 0.1) is 0 Å². The number of amides is 2. The highest BCUT2D eigenvalue weighted by Gasteiger charge is 2.12. The predicted molar refractivity (Wildman–Crippen MR) is 75.9 cm³/mol. The Bertz CT molecular complexity index is 642. The van der Waals surface area contributed by atoms with Crippen LogP contribution in [0.2, 0.25) is 0 Å². The molecular weight excluding hydrogens is 272 g/mol. The highest BCUT2D eigenvalue weighted by Crippen LogP contribution is 2.09. The van der Waals surface area contributed by atoms with Crippen LogP contribution in [0.1, 0.15) is 46.6 Å². The molecule has 21 heavy (non-hydrogen) atoms. The summed E-state index contributed by atoms with van der Waals surface area (Å²) in [5.74, 6) is 0.193. The van der Waals surface area contributed by atoms with E-state index in [0.717, 1.165) is 0 Å². The molecule has 0 saturated carbocycles. The minimum Gasteiger partial charge on any atom is -0.454 e. The molecule has 0 atom stereocenters. The first-order valence-electron chi connectivity index (χ1n) is 6.64. The van der Waals surface area contributed by atoms with Crippen molar-refractivity contribution in [3.05, 3.63) is 41.6 Å². The van der Waals surface area contributed by atoms with Crippen molar-refractivity contribution in [1.82, 2.24) is 20.4 Å². The molecule has 7 nitrogen and oxygen atoms in total. The number of furan rings is 1. The van der Waals surface area contributed by atoms with Gasteiger partial charge in [0.1, 0.15) is 5.76 Å². The summed E-state index contributed by atoms with van der Waals surface area (Å²) in [4.78, 5) is 23.3. The van der Waals surface area contributed by atoms with Crippen LogP contribution in [0.4, 0.5) is 0 Å². The van der Waals surface area contributed by atoms with Gasteiger partial charge in [0.2, 0.25) is 0 Å². The molecule has 2 aromatic heterocycles. The van der Waals surface area contributed by atoms with E-state index in [1.165, 1.54) is 13.2 Å². The lowest BCUT2D eigenvalue weighted by Gasteiger charge is -2.03. The molecule has 0 radical (unpaired) electrons. The molecule has 2 rings (SSSR count). The molecule has 2 N–H and O–H groups in total. The Morgan fingerprint density at radius 2 is 2.10 bits per heavy atom. The zero-order chi connectivity index (χ0) is 15.4. The second-order valence-electron chi connectivity index (χ2n) is 4.83. The lowest BCUT2D eigenvalue weighted by molar-refractivity contribution is 0.0933. The monoisotopic (exact) mass is 290 g/mol. The van der Waals surface area contributed by atoms with Gasteiger partial charge in [0.05, 0.1) is 18.3 Å².